The van der Waals surface area contributed by atoms with Crippen molar-refractivity contribution in [1.29, 1.82) is 0 Å². The number of ketones is 1. The predicted octanol–water partition coefficient (Wildman–Crippen LogP) is 4.59. The molecule has 1 aliphatic heterocycles. The molecule has 0 radical (unpaired) electrons. The summed E-state index contributed by atoms with van der Waals surface area (Å²) in [7, 11) is 0. The van der Waals surface area contributed by atoms with Crippen molar-refractivity contribution in [2.45, 2.75) is 51.0 Å². The molecule has 0 saturated heterocycles. The van der Waals surface area contributed by atoms with Gasteiger partial charge in [0.05, 0.1) is 11.9 Å². The number of hydrogen-bond acceptors (Lipinski definition) is 3. The number of carbonyl (C=O) groups excluding carboxylic acids is 1. The quantitative estimate of drug-likeness (QED) is 0.664. The average Bonchev–Trinajstić information content (AvgIpc) is 3.09. The van der Waals surface area contributed by atoms with Crippen molar-refractivity contribution in [1.82, 2.24) is 14.5 Å². The number of carbonyl (C=O) groups is 1. The molecule has 0 amide bonds. The first kappa shape index (κ1) is 17.5. The first-order chi connectivity index (χ1) is 13.5. The highest BCUT2D eigenvalue weighted by Crippen LogP contribution is 2.43. The topological polar surface area (TPSA) is 47.8 Å². The van der Waals surface area contributed by atoms with Crippen LogP contribution in [0.5, 0.6) is 0 Å². The van der Waals surface area contributed by atoms with E-state index in [9.17, 15) is 13.6 Å². The zero-order valence-electron chi connectivity index (χ0n) is 15.5. The largest absolute Gasteiger partial charge is 0.328 e. The lowest BCUT2D eigenvalue weighted by atomic mass is 9.77. The SMILES string of the molecule is O=C(Cc1cc2cc(-c3cnc4n3CCCC4)ccc2cn1)C1CC(F)(F)C1. The van der Waals surface area contributed by atoms with Gasteiger partial charge in [-0.15, -0.1) is 0 Å². The molecule has 28 heavy (non-hydrogen) atoms. The fraction of sp³-hybridized carbons (Fsp3) is 0.409. The molecule has 1 saturated carbocycles. The van der Waals surface area contributed by atoms with Gasteiger partial charge in [0, 0.05) is 61.0 Å². The summed E-state index contributed by atoms with van der Waals surface area (Å²) < 4.78 is 28.3. The molecule has 1 aliphatic carbocycles. The number of aryl methyl sites for hydroxylation is 1. The van der Waals surface area contributed by atoms with Crippen LogP contribution in [0.25, 0.3) is 22.0 Å². The van der Waals surface area contributed by atoms with E-state index >= 15 is 0 Å². The Hall–Kier alpha value is -2.63. The summed E-state index contributed by atoms with van der Waals surface area (Å²) in [6.45, 7) is 0.991. The van der Waals surface area contributed by atoms with Crippen molar-refractivity contribution < 1.29 is 13.6 Å². The maximum atomic E-state index is 13.0. The Balaban J connectivity index is 1.42. The number of Topliss-reactive ketones (excluding diaryl/α,β-unsaturated/α-hetero) is 1. The van der Waals surface area contributed by atoms with E-state index in [0.29, 0.717) is 5.69 Å². The fourth-order valence-electron chi connectivity index (χ4n) is 4.30. The smallest absolute Gasteiger partial charge is 0.249 e. The Morgan fingerprint density at radius 3 is 2.79 bits per heavy atom. The highest BCUT2D eigenvalue weighted by atomic mass is 19.3. The summed E-state index contributed by atoms with van der Waals surface area (Å²) in [5.41, 5.74) is 2.85. The molecule has 0 bridgehead atoms. The van der Waals surface area contributed by atoms with Gasteiger partial charge in [0.2, 0.25) is 5.92 Å². The Bertz CT molecular complexity index is 1060. The van der Waals surface area contributed by atoms with Gasteiger partial charge in [0.25, 0.3) is 0 Å². The molecular formula is C22H21F2N3O. The van der Waals surface area contributed by atoms with Gasteiger partial charge in [-0.05, 0) is 30.4 Å². The second-order valence-electron chi connectivity index (χ2n) is 8.01. The van der Waals surface area contributed by atoms with E-state index in [2.05, 4.69) is 26.7 Å². The van der Waals surface area contributed by atoms with Gasteiger partial charge in [-0.25, -0.2) is 13.8 Å². The number of halogens is 2. The number of aromatic nitrogens is 3. The van der Waals surface area contributed by atoms with Gasteiger partial charge < -0.3 is 4.57 Å². The summed E-state index contributed by atoms with van der Waals surface area (Å²) in [4.78, 5) is 21.2. The molecule has 1 aromatic carbocycles. The second-order valence-corrected chi connectivity index (χ2v) is 8.01. The van der Waals surface area contributed by atoms with E-state index in [-0.39, 0.29) is 25.0 Å². The van der Waals surface area contributed by atoms with Crippen LogP contribution in [0, 0.1) is 5.92 Å². The Morgan fingerprint density at radius 2 is 1.96 bits per heavy atom. The highest BCUT2D eigenvalue weighted by Gasteiger charge is 2.48. The number of imidazole rings is 1. The number of pyridine rings is 1. The van der Waals surface area contributed by atoms with Crippen LogP contribution in [0.4, 0.5) is 8.78 Å². The molecule has 144 valence electrons. The minimum Gasteiger partial charge on any atom is -0.328 e. The van der Waals surface area contributed by atoms with E-state index in [0.717, 1.165) is 40.8 Å². The molecule has 3 heterocycles. The van der Waals surface area contributed by atoms with Crippen molar-refractivity contribution in [3.63, 3.8) is 0 Å². The lowest BCUT2D eigenvalue weighted by Gasteiger charge is -2.33. The van der Waals surface area contributed by atoms with Crippen molar-refractivity contribution in [2.24, 2.45) is 5.92 Å². The van der Waals surface area contributed by atoms with Crippen molar-refractivity contribution >= 4 is 16.6 Å². The summed E-state index contributed by atoms with van der Waals surface area (Å²) in [5, 5.41) is 1.99. The average molecular weight is 381 g/mol. The van der Waals surface area contributed by atoms with Gasteiger partial charge >= 0.3 is 0 Å². The zero-order chi connectivity index (χ0) is 19.3. The van der Waals surface area contributed by atoms with Crippen molar-refractivity contribution in [3.05, 3.63) is 48.2 Å². The Kier molecular flexibility index (Phi) is 4.03. The third kappa shape index (κ3) is 3.11. The number of hydrogen-bond donors (Lipinski definition) is 0. The lowest BCUT2D eigenvalue weighted by molar-refractivity contribution is -0.147. The van der Waals surface area contributed by atoms with E-state index in [1.54, 1.807) is 6.20 Å². The zero-order valence-corrected chi connectivity index (χ0v) is 15.5. The van der Waals surface area contributed by atoms with Gasteiger partial charge in [-0.2, -0.15) is 0 Å². The number of rotatable bonds is 4. The summed E-state index contributed by atoms with van der Waals surface area (Å²) in [5.74, 6) is -2.20. The third-order valence-corrected chi connectivity index (χ3v) is 5.95. The molecule has 0 atom stereocenters. The number of nitrogens with zero attached hydrogens (tertiary/aromatic N) is 3. The van der Waals surface area contributed by atoms with Gasteiger partial charge in [0.1, 0.15) is 11.6 Å². The molecule has 0 unspecified atom stereocenters. The molecule has 2 aromatic heterocycles. The molecule has 0 spiro atoms. The van der Waals surface area contributed by atoms with Gasteiger partial charge in [-0.3, -0.25) is 9.78 Å². The minimum absolute atomic E-state index is 0.114. The van der Waals surface area contributed by atoms with Crippen LogP contribution in [0.2, 0.25) is 0 Å². The number of fused-ring (bicyclic) bond motifs is 2. The van der Waals surface area contributed by atoms with Crippen molar-refractivity contribution in [3.8, 4) is 11.3 Å². The molecule has 1 fully saturated rings. The van der Waals surface area contributed by atoms with Crippen LogP contribution in [0.3, 0.4) is 0 Å². The van der Waals surface area contributed by atoms with E-state index in [4.69, 9.17) is 0 Å². The Morgan fingerprint density at radius 1 is 1.11 bits per heavy atom. The second kappa shape index (κ2) is 6.47. The van der Waals surface area contributed by atoms with Crippen molar-refractivity contribution in [2.75, 3.05) is 0 Å². The predicted molar refractivity (Wildman–Crippen MR) is 102 cm³/mol. The van der Waals surface area contributed by atoms with E-state index in [1.807, 2.05) is 18.3 Å². The monoisotopic (exact) mass is 381 g/mol. The van der Waals surface area contributed by atoms with Crippen LogP contribution < -0.4 is 0 Å². The highest BCUT2D eigenvalue weighted by molar-refractivity contribution is 5.88. The van der Waals surface area contributed by atoms with Crippen LogP contribution in [-0.4, -0.2) is 26.2 Å². The van der Waals surface area contributed by atoms with Gasteiger partial charge in [0.15, 0.2) is 0 Å². The van der Waals surface area contributed by atoms with Crippen LogP contribution in [0.1, 0.15) is 37.2 Å². The van der Waals surface area contributed by atoms with E-state index < -0.39 is 11.8 Å². The summed E-state index contributed by atoms with van der Waals surface area (Å²) in [6, 6.07) is 8.10. The molecular weight excluding hydrogens is 360 g/mol. The third-order valence-electron chi connectivity index (χ3n) is 5.95. The van der Waals surface area contributed by atoms with Crippen LogP contribution in [-0.2, 0) is 24.2 Å². The minimum atomic E-state index is -2.67. The molecule has 3 aromatic rings. The first-order valence-corrected chi connectivity index (χ1v) is 9.82. The normalized spacial score (nSPS) is 18.6. The van der Waals surface area contributed by atoms with Crippen LogP contribution in [0.15, 0.2) is 36.7 Å². The maximum Gasteiger partial charge on any atom is 0.249 e. The summed E-state index contributed by atoms with van der Waals surface area (Å²) >= 11 is 0. The first-order valence-electron chi connectivity index (χ1n) is 9.82. The van der Waals surface area contributed by atoms with Crippen LogP contribution >= 0.6 is 0 Å². The summed E-state index contributed by atoms with van der Waals surface area (Å²) in [6.07, 6.45) is 6.52. The Labute approximate surface area is 161 Å². The molecule has 6 heteroatoms. The lowest BCUT2D eigenvalue weighted by Crippen LogP contribution is -2.40. The molecule has 0 N–H and O–H groups in total. The number of benzene rings is 1. The standard InChI is InChI=1S/C22H21F2N3O/c23-22(24)10-17(11-22)20(28)9-18-8-16-7-14(4-5-15(16)12-25-18)19-13-26-21-3-1-2-6-27(19)21/h4-5,7-8,12-13,17H,1-3,6,9-11H2. The number of alkyl halides is 2. The fourth-order valence-corrected chi connectivity index (χ4v) is 4.30. The molecule has 2 aliphatic rings. The molecule has 5 rings (SSSR count). The van der Waals surface area contributed by atoms with E-state index in [1.165, 1.54) is 12.8 Å². The molecule has 4 nitrogen and oxygen atoms in total. The van der Waals surface area contributed by atoms with Gasteiger partial charge in [-0.1, -0.05) is 12.1 Å². The maximum absolute atomic E-state index is 13.0.